The normalized spacial score (nSPS) is 27.2. The predicted molar refractivity (Wildman–Crippen MR) is 92.9 cm³/mol. The van der Waals surface area contributed by atoms with Crippen LogP contribution in [0.15, 0.2) is 29.2 Å². The fraction of sp³-hybridized carbons (Fsp3) is 0.556. The number of cyclic esters (lactones) is 1. The summed E-state index contributed by atoms with van der Waals surface area (Å²) in [5, 5.41) is 0. The van der Waals surface area contributed by atoms with Gasteiger partial charge in [0.1, 0.15) is 0 Å². The molecule has 2 heterocycles. The molecule has 0 unspecified atom stereocenters. The van der Waals surface area contributed by atoms with E-state index >= 15 is 0 Å². The minimum Gasteiger partial charge on any atom is -0.463 e. The Labute approximate surface area is 153 Å². The Kier molecular flexibility index (Phi) is 5.34. The molecule has 2 fully saturated rings. The molecule has 0 aliphatic carbocycles. The van der Waals surface area contributed by atoms with Crippen LogP contribution in [0.3, 0.4) is 0 Å². The van der Waals surface area contributed by atoms with Crippen molar-refractivity contribution < 1.29 is 27.5 Å². The third-order valence-electron chi connectivity index (χ3n) is 4.70. The van der Waals surface area contributed by atoms with Crippen LogP contribution in [0.4, 0.5) is 0 Å². The molecule has 7 nitrogen and oxygen atoms in total. The smallest absolute Gasteiger partial charge is 0.347 e. The van der Waals surface area contributed by atoms with E-state index in [1.807, 2.05) is 13.8 Å². The number of esters is 2. The van der Waals surface area contributed by atoms with Crippen LogP contribution in [0.25, 0.3) is 0 Å². The second kappa shape index (κ2) is 7.36. The summed E-state index contributed by atoms with van der Waals surface area (Å²) in [6, 6.07) is 5.63. The number of ether oxygens (including phenoxy) is 2. The van der Waals surface area contributed by atoms with E-state index in [9.17, 15) is 18.0 Å². The number of benzene rings is 1. The number of hydrogen-bond donors (Lipinski definition) is 0. The highest BCUT2D eigenvalue weighted by atomic mass is 32.2. The largest absolute Gasteiger partial charge is 0.463 e. The number of piperidine rings is 1. The van der Waals surface area contributed by atoms with Gasteiger partial charge < -0.3 is 9.47 Å². The first kappa shape index (κ1) is 18.8. The molecule has 2 aliphatic heterocycles. The summed E-state index contributed by atoms with van der Waals surface area (Å²) in [6.07, 6.45) is 0.463. The summed E-state index contributed by atoms with van der Waals surface area (Å²) in [6.45, 7) is 5.33. The van der Waals surface area contributed by atoms with E-state index in [2.05, 4.69) is 0 Å². The van der Waals surface area contributed by atoms with Gasteiger partial charge in [-0.25, -0.2) is 18.0 Å². The van der Waals surface area contributed by atoms with Gasteiger partial charge in [0, 0.05) is 19.5 Å². The molecule has 2 saturated heterocycles. The third-order valence-corrected chi connectivity index (χ3v) is 6.55. The molecule has 0 spiro atoms. The van der Waals surface area contributed by atoms with Gasteiger partial charge in [-0.2, -0.15) is 4.31 Å². The molecule has 0 aromatic heterocycles. The fourth-order valence-electron chi connectivity index (χ4n) is 3.50. The number of rotatable bonds is 4. The third kappa shape index (κ3) is 3.91. The average molecular weight is 381 g/mol. The van der Waals surface area contributed by atoms with Crippen LogP contribution in [0.5, 0.6) is 0 Å². The highest BCUT2D eigenvalue weighted by Crippen LogP contribution is 2.27. The molecule has 0 amide bonds. The first-order valence-electron chi connectivity index (χ1n) is 8.75. The van der Waals surface area contributed by atoms with Crippen LogP contribution in [-0.2, 0) is 24.3 Å². The lowest BCUT2D eigenvalue weighted by atomic mass is 9.94. The lowest BCUT2D eigenvalue weighted by Gasteiger charge is -2.34. The average Bonchev–Trinajstić information content (AvgIpc) is 2.99. The first-order valence-corrected chi connectivity index (χ1v) is 10.2. The first-order chi connectivity index (χ1) is 12.3. The summed E-state index contributed by atoms with van der Waals surface area (Å²) in [7, 11) is -3.59. The van der Waals surface area contributed by atoms with Gasteiger partial charge in [0.15, 0.2) is 0 Å². The van der Waals surface area contributed by atoms with Gasteiger partial charge in [0.05, 0.1) is 17.1 Å². The maximum atomic E-state index is 12.8. The zero-order chi connectivity index (χ0) is 18.9. The monoisotopic (exact) mass is 381 g/mol. The van der Waals surface area contributed by atoms with Crippen LogP contribution >= 0.6 is 0 Å². The van der Waals surface area contributed by atoms with Crippen molar-refractivity contribution in [3.63, 3.8) is 0 Å². The topological polar surface area (TPSA) is 90.0 Å². The minimum absolute atomic E-state index is 0.149. The van der Waals surface area contributed by atoms with Gasteiger partial charge >= 0.3 is 11.9 Å². The van der Waals surface area contributed by atoms with Crippen LogP contribution in [0, 0.1) is 11.8 Å². The van der Waals surface area contributed by atoms with Crippen LogP contribution in [-0.4, -0.2) is 50.5 Å². The lowest BCUT2D eigenvalue weighted by Crippen LogP contribution is -2.42. The second-order valence-corrected chi connectivity index (χ2v) is 9.08. The quantitative estimate of drug-likeness (QED) is 0.739. The Morgan fingerprint density at radius 2 is 1.77 bits per heavy atom. The number of sulfonamides is 1. The van der Waals surface area contributed by atoms with E-state index < -0.39 is 28.1 Å². The number of nitrogens with zero attached hydrogens (tertiary/aromatic N) is 1. The van der Waals surface area contributed by atoms with Crippen molar-refractivity contribution >= 4 is 22.0 Å². The molecule has 3 atom stereocenters. The van der Waals surface area contributed by atoms with Crippen molar-refractivity contribution in [1.29, 1.82) is 0 Å². The van der Waals surface area contributed by atoms with Crippen molar-refractivity contribution in [2.75, 3.05) is 19.7 Å². The molecule has 1 aromatic carbocycles. The van der Waals surface area contributed by atoms with E-state index in [0.717, 1.165) is 6.42 Å². The second-order valence-electron chi connectivity index (χ2n) is 7.14. The number of carbonyl (C=O) groups excluding carboxylic acids is 2. The Morgan fingerprint density at radius 3 is 2.31 bits per heavy atom. The van der Waals surface area contributed by atoms with Gasteiger partial charge in [-0.15, -0.1) is 0 Å². The number of carbonyl (C=O) groups is 2. The molecular weight excluding hydrogens is 358 g/mol. The van der Waals surface area contributed by atoms with Crippen LogP contribution < -0.4 is 0 Å². The minimum atomic E-state index is -3.59. The van der Waals surface area contributed by atoms with Crippen molar-refractivity contribution in [2.24, 2.45) is 11.8 Å². The van der Waals surface area contributed by atoms with Crippen LogP contribution in [0.1, 0.15) is 37.0 Å². The molecule has 8 heteroatoms. The Balaban J connectivity index is 1.72. The van der Waals surface area contributed by atoms with Crippen LogP contribution in [0.2, 0.25) is 0 Å². The summed E-state index contributed by atoms with van der Waals surface area (Å²) >= 11 is 0. The summed E-state index contributed by atoms with van der Waals surface area (Å²) < 4.78 is 37.0. The summed E-state index contributed by atoms with van der Waals surface area (Å²) in [5.74, 6) is -0.591. The van der Waals surface area contributed by atoms with Gasteiger partial charge in [-0.05, 0) is 42.5 Å². The lowest BCUT2D eigenvalue weighted by molar-refractivity contribution is -0.145. The standard InChI is InChI=1S/C18H23NO6S/c1-12-9-13(2)11-19(10-12)26(22,23)15-5-3-14(4-6-15)17(20)25-16-7-8-24-18(16)21/h3-6,12-13,16H,7-11H2,1-2H3/t12-,13+,16-/m1/s1. The Hall–Kier alpha value is -1.93. The van der Waals surface area contributed by atoms with Crippen molar-refractivity contribution in [3.8, 4) is 0 Å². The fourth-order valence-corrected chi connectivity index (χ4v) is 5.18. The molecule has 1 aromatic rings. The zero-order valence-electron chi connectivity index (χ0n) is 14.9. The van der Waals surface area contributed by atoms with E-state index in [1.165, 1.54) is 28.6 Å². The number of hydrogen-bond acceptors (Lipinski definition) is 6. The highest BCUT2D eigenvalue weighted by molar-refractivity contribution is 7.89. The highest BCUT2D eigenvalue weighted by Gasteiger charge is 2.33. The zero-order valence-corrected chi connectivity index (χ0v) is 15.7. The van der Waals surface area contributed by atoms with E-state index in [-0.39, 0.29) is 17.1 Å². The maximum absolute atomic E-state index is 12.8. The molecule has 3 rings (SSSR count). The van der Waals surface area contributed by atoms with Gasteiger partial charge in [-0.3, -0.25) is 0 Å². The van der Waals surface area contributed by atoms with Crippen molar-refractivity contribution in [3.05, 3.63) is 29.8 Å². The van der Waals surface area contributed by atoms with E-state index in [4.69, 9.17) is 9.47 Å². The predicted octanol–water partition coefficient (Wildman–Crippen LogP) is 1.83. The molecule has 2 aliphatic rings. The maximum Gasteiger partial charge on any atom is 0.347 e. The van der Waals surface area contributed by atoms with Crippen molar-refractivity contribution in [2.45, 2.75) is 37.7 Å². The summed E-state index contributed by atoms with van der Waals surface area (Å²) in [4.78, 5) is 23.6. The molecular formula is C18H23NO6S. The van der Waals surface area contributed by atoms with Crippen molar-refractivity contribution in [1.82, 2.24) is 4.31 Å². The van der Waals surface area contributed by atoms with E-state index in [1.54, 1.807) is 0 Å². The molecule has 26 heavy (non-hydrogen) atoms. The summed E-state index contributed by atoms with van der Waals surface area (Å²) in [5.41, 5.74) is 0.198. The molecule has 0 bridgehead atoms. The Bertz CT molecular complexity index is 778. The van der Waals surface area contributed by atoms with Gasteiger partial charge in [0.2, 0.25) is 16.1 Å². The van der Waals surface area contributed by atoms with Gasteiger partial charge in [-0.1, -0.05) is 13.8 Å². The molecule has 0 radical (unpaired) electrons. The molecule has 0 saturated carbocycles. The van der Waals surface area contributed by atoms with E-state index in [0.29, 0.717) is 31.3 Å². The SMILES string of the molecule is C[C@@H]1C[C@H](C)CN(S(=O)(=O)c2ccc(C(=O)O[C@@H]3CCOC3=O)cc2)C1. The molecule has 142 valence electrons. The molecule has 0 N–H and O–H groups in total. The Morgan fingerprint density at radius 1 is 1.15 bits per heavy atom. The van der Waals surface area contributed by atoms with Gasteiger partial charge in [0.25, 0.3) is 0 Å².